The number of aryl methyl sites for hydroxylation is 2. The Morgan fingerprint density at radius 3 is 2.47 bits per heavy atom. The number of halogens is 1. The summed E-state index contributed by atoms with van der Waals surface area (Å²) in [5.41, 5.74) is 10.3. The predicted octanol–water partition coefficient (Wildman–Crippen LogP) is 3.58. The molecule has 0 heterocycles. The lowest BCUT2D eigenvalue weighted by atomic mass is 9.96. The van der Waals surface area contributed by atoms with E-state index in [-0.39, 0.29) is 12.4 Å². The highest BCUT2D eigenvalue weighted by Crippen LogP contribution is 2.30. The molecule has 2 aromatic carbocycles. The molecule has 0 aliphatic heterocycles. The zero-order valence-electron chi connectivity index (χ0n) is 11.5. The Morgan fingerprint density at radius 1 is 1.11 bits per heavy atom. The van der Waals surface area contributed by atoms with Gasteiger partial charge >= 0.3 is 0 Å². The van der Waals surface area contributed by atoms with Gasteiger partial charge in [0.05, 0.1) is 7.11 Å². The van der Waals surface area contributed by atoms with Crippen molar-refractivity contribution in [2.75, 3.05) is 7.11 Å². The van der Waals surface area contributed by atoms with E-state index in [1.807, 2.05) is 26.0 Å². The minimum absolute atomic E-state index is 0.202. The molecule has 2 nitrogen and oxygen atoms in total. The molecule has 0 saturated heterocycles. The van der Waals surface area contributed by atoms with Gasteiger partial charge in [-0.05, 0) is 60.4 Å². The maximum Gasteiger partial charge on any atom is 0.127 e. The van der Waals surface area contributed by atoms with Crippen LogP contribution in [0.2, 0.25) is 0 Å². The second-order valence-electron chi connectivity index (χ2n) is 4.65. The molecule has 0 bridgehead atoms. The van der Waals surface area contributed by atoms with Crippen LogP contribution in [-0.2, 0) is 6.54 Å². The lowest BCUT2D eigenvalue weighted by Gasteiger charge is -2.12. The SMILES string of the molecule is COc1cc(C)c(-c2ccc(F)c(CN)c2)cc1C. The Morgan fingerprint density at radius 2 is 1.84 bits per heavy atom. The molecule has 2 N–H and O–H groups in total. The van der Waals surface area contributed by atoms with Crippen LogP contribution in [0.4, 0.5) is 4.39 Å². The van der Waals surface area contributed by atoms with E-state index in [2.05, 4.69) is 6.07 Å². The largest absolute Gasteiger partial charge is 0.496 e. The molecule has 0 aromatic heterocycles. The number of hydrogen-bond acceptors (Lipinski definition) is 2. The molecular weight excluding hydrogens is 241 g/mol. The molecule has 0 spiro atoms. The smallest absolute Gasteiger partial charge is 0.127 e. The van der Waals surface area contributed by atoms with Crippen molar-refractivity contribution in [1.82, 2.24) is 0 Å². The molecule has 0 saturated carbocycles. The fourth-order valence-corrected chi connectivity index (χ4v) is 2.22. The fraction of sp³-hybridized carbons (Fsp3) is 0.250. The molecule has 0 atom stereocenters. The highest BCUT2D eigenvalue weighted by atomic mass is 19.1. The number of ether oxygens (including phenoxy) is 1. The van der Waals surface area contributed by atoms with Crippen molar-refractivity contribution in [3.8, 4) is 16.9 Å². The summed E-state index contributed by atoms with van der Waals surface area (Å²) in [6.07, 6.45) is 0. The number of methoxy groups -OCH3 is 1. The number of benzene rings is 2. The monoisotopic (exact) mass is 259 g/mol. The van der Waals surface area contributed by atoms with Gasteiger partial charge in [-0.15, -0.1) is 0 Å². The highest BCUT2D eigenvalue weighted by molar-refractivity contribution is 5.70. The standard InChI is InChI=1S/C16H18FNO/c1-10-7-16(19-3)11(2)6-14(10)12-4-5-15(17)13(8-12)9-18/h4-8H,9,18H2,1-3H3. The van der Waals surface area contributed by atoms with Gasteiger partial charge in [0.15, 0.2) is 0 Å². The van der Waals surface area contributed by atoms with Crippen molar-refractivity contribution in [1.29, 1.82) is 0 Å². The van der Waals surface area contributed by atoms with Crippen LogP contribution < -0.4 is 10.5 Å². The summed E-state index contributed by atoms with van der Waals surface area (Å²) in [6.45, 7) is 4.21. The van der Waals surface area contributed by atoms with Gasteiger partial charge in [0.2, 0.25) is 0 Å². The summed E-state index contributed by atoms with van der Waals surface area (Å²) < 4.78 is 18.8. The molecule has 3 heteroatoms. The number of nitrogens with two attached hydrogens (primary N) is 1. The van der Waals surface area contributed by atoms with Crippen molar-refractivity contribution in [2.45, 2.75) is 20.4 Å². The van der Waals surface area contributed by atoms with Crippen molar-refractivity contribution < 1.29 is 9.13 Å². The molecule has 0 aliphatic carbocycles. The average molecular weight is 259 g/mol. The zero-order chi connectivity index (χ0) is 14.0. The van der Waals surface area contributed by atoms with Crippen LogP contribution in [0.1, 0.15) is 16.7 Å². The fourth-order valence-electron chi connectivity index (χ4n) is 2.22. The van der Waals surface area contributed by atoms with Crippen molar-refractivity contribution in [2.24, 2.45) is 5.73 Å². The first-order chi connectivity index (χ1) is 9.06. The Hall–Kier alpha value is -1.87. The van der Waals surface area contributed by atoms with E-state index in [9.17, 15) is 4.39 Å². The normalized spacial score (nSPS) is 10.6. The number of rotatable bonds is 3. The molecule has 0 unspecified atom stereocenters. The van der Waals surface area contributed by atoms with Gasteiger partial charge in [-0.2, -0.15) is 0 Å². The van der Waals surface area contributed by atoms with Crippen LogP contribution in [0.15, 0.2) is 30.3 Å². The minimum Gasteiger partial charge on any atom is -0.496 e. The van der Waals surface area contributed by atoms with Crippen LogP contribution in [0.3, 0.4) is 0 Å². The van der Waals surface area contributed by atoms with E-state index < -0.39 is 0 Å². The van der Waals surface area contributed by atoms with E-state index in [1.165, 1.54) is 6.07 Å². The first-order valence-corrected chi connectivity index (χ1v) is 6.21. The molecular formula is C16H18FNO. The van der Waals surface area contributed by atoms with Gasteiger partial charge in [0.1, 0.15) is 11.6 Å². The molecule has 2 rings (SSSR count). The Labute approximate surface area is 113 Å². The van der Waals surface area contributed by atoms with Gasteiger partial charge in [-0.1, -0.05) is 6.07 Å². The van der Waals surface area contributed by atoms with Crippen LogP contribution >= 0.6 is 0 Å². The zero-order valence-corrected chi connectivity index (χ0v) is 11.5. The van der Waals surface area contributed by atoms with E-state index in [0.717, 1.165) is 28.0 Å². The van der Waals surface area contributed by atoms with Gasteiger partial charge in [-0.25, -0.2) is 4.39 Å². The predicted molar refractivity (Wildman–Crippen MR) is 75.8 cm³/mol. The molecule has 0 aliphatic rings. The molecule has 0 amide bonds. The van der Waals surface area contributed by atoms with Gasteiger partial charge < -0.3 is 10.5 Å². The summed E-state index contributed by atoms with van der Waals surface area (Å²) in [4.78, 5) is 0. The third-order valence-electron chi connectivity index (χ3n) is 3.32. The summed E-state index contributed by atoms with van der Waals surface area (Å²) in [5, 5.41) is 0. The maximum absolute atomic E-state index is 13.5. The first kappa shape index (κ1) is 13.6. The van der Waals surface area contributed by atoms with Crippen LogP contribution in [0.5, 0.6) is 5.75 Å². The van der Waals surface area contributed by atoms with Crippen molar-refractivity contribution >= 4 is 0 Å². The van der Waals surface area contributed by atoms with Crippen molar-refractivity contribution in [3.05, 3.63) is 52.8 Å². The third kappa shape index (κ3) is 2.61. The Balaban J connectivity index is 2.56. The molecule has 100 valence electrons. The lowest BCUT2D eigenvalue weighted by Crippen LogP contribution is -2.00. The number of hydrogen-bond donors (Lipinski definition) is 1. The van der Waals surface area contributed by atoms with Gasteiger partial charge in [0.25, 0.3) is 0 Å². The quantitative estimate of drug-likeness (QED) is 0.914. The first-order valence-electron chi connectivity index (χ1n) is 6.21. The molecule has 0 fully saturated rings. The average Bonchev–Trinajstić information content (AvgIpc) is 2.41. The van der Waals surface area contributed by atoms with Crippen LogP contribution in [0.25, 0.3) is 11.1 Å². The molecule has 19 heavy (non-hydrogen) atoms. The summed E-state index contributed by atoms with van der Waals surface area (Å²) in [7, 11) is 1.66. The summed E-state index contributed by atoms with van der Waals surface area (Å²) in [6, 6.07) is 9.11. The van der Waals surface area contributed by atoms with E-state index in [4.69, 9.17) is 10.5 Å². The summed E-state index contributed by atoms with van der Waals surface area (Å²) in [5.74, 6) is 0.608. The Kier molecular flexibility index (Phi) is 3.86. The third-order valence-corrected chi connectivity index (χ3v) is 3.32. The van der Waals surface area contributed by atoms with Gasteiger partial charge in [0, 0.05) is 12.1 Å². The van der Waals surface area contributed by atoms with Crippen molar-refractivity contribution in [3.63, 3.8) is 0 Å². The lowest BCUT2D eigenvalue weighted by molar-refractivity contribution is 0.411. The second kappa shape index (κ2) is 5.41. The molecule has 2 aromatic rings. The van der Waals surface area contributed by atoms with Gasteiger partial charge in [-0.3, -0.25) is 0 Å². The Bertz CT molecular complexity index is 608. The minimum atomic E-state index is -0.255. The topological polar surface area (TPSA) is 35.2 Å². The highest BCUT2D eigenvalue weighted by Gasteiger charge is 2.09. The van der Waals surface area contributed by atoms with E-state index >= 15 is 0 Å². The van der Waals surface area contributed by atoms with E-state index in [0.29, 0.717) is 5.56 Å². The van der Waals surface area contributed by atoms with E-state index in [1.54, 1.807) is 13.2 Å². The van der Waals surface area contributed by atoms with Crippen LogP contribution in [-0.4, -0.2) is 7.11 Å². The summed E-state index contributed by atoms with van der Waals surface area (Å²) >= 11 is 0. The maximum atomic E-state index is 13.5. The second-order valence-corrected chi connectivity index (χ2v) is 4.65. The molecule has 0 radical (unpaired) electrons. The van der Waals surface area contributed by atoms with Crippen LogP contribution in [0, 0.1) is 19.7 Å².